The maximum Gasteiger partial charge on any atom is 0.335 e. The minimum atomic E-state index is -1.20. The predicted molar refractivity (Wildman–Crippen MR) is 164 cm³/mol. The SMILES string of the molecule is O=C(O)c1cc(F)c2c(c1)c(-c1ccc3ccccc3c1)nn2C(c1ccccc1)(c1ccccc1)c1ccccc1. The molecule has 7 rings (SSSR count). The van der Waals surface area contributed by atoms with Gasteiger partial charge in [-0.3, -0.25) is 0 Å². The fourth-order valence-corrected chi connectivity index (χ4v) is 6.02. The van der Waals surface area contributed by atoms with Gasteiger partial charge in [-0.15, -0.1) is 0 Å². The van der Waals surface area contributed by atoms with Crippen molar-refractivity contribution in [1.82, 2.24) is 9.78 Å². The number of halogens is 1. The number of fused-ring (bicyclic) bond motifs is 2. The molecule has 1 N–H and O–H groups in total. The van der Waals surface area contributed by atoms with E-state index in [1.165, 1.54) is 6.07 Å². The van der Waals surface area contributed by atoms with Crippen LogP contribution in [-0.4, -0.2) is 20.9 Å². The van der Waals surface area contributed by atoms with Gasteiger partial charge in [-0.2, -0.15) is 5.10 Å². The average molecular weight is 549 g/mol. The standard InChI is InChI=1S/C37H25FN2O2/c38-33-24-28(36(41)42)23-32-34(27-21-20-25-12-10-11-13-26(25)22-27)39-40(35(32)33)37(29-14-4-1-5-15-29,30-16-6-2-7-17-30)31-18-8-3-9-19-31/h1-24H,(H,41,42). The first-order chi connectivity index (χ1) is 20.6. The number of rotatable bonds is 6. The summed E-state index contributed by atoms with van der Waals surface area (Å²) in [4.78, 5) is 12.1. The van der Waals surface area contributed by atoms with Crippen LogP contribution in [0, 0.1) is 5.82 Å². The van der Waals surface area contributed by atoms with Crippen molar-refractivity contribution >= 4 is 27.6 Å². The predicted octanol–water partition coefficient (Wildman–Crippen LogP) is 8.53. The van der Waals surface area contributed by atoms with E-state index in [1.807, 2.05) is 133 Å². The Morgan fingerprint density at radius 3 is 1.71 bits per heavy atom. The van der Waals surface area contributed by atoms with Crippen LogP contribution in [0.3, 0.4) is 0 Å². The molecule has 0 saturated carbocycles. The van der Waals surface area contributed by atoms with E-state index in [0.29, 0.717) is 11.1 Å². The van der Waals surface area contributed by atoms with E-state index in [4.69, 9.17) is 5.10 Å². The largest absolute Gasteiger partial charge is 0.478 e. The van der Waals surface area contributed by atoms with Gasteiger partial charge in [0, 0.05) is 10.9 Å². The first-order valence-corrected chi connectivity index (χ1v) is 13.7. The van der Waals surface area contributed by atoms with Crippen LogP contribution >= 0.6 is 0 Å². The number of aromatic carboxylic acids is 1. The van der Waals surface area contributed by atoms with Gasteiger partial charge in [0.25, 0.3) is 0 Å². The van der Waals surface area contributed by atoms with Crippen molar-refractivity contribution < 1.29 is 14.3 Å². The van der Waals surface area contributed by atoms with Crippen molar-refractivity contribution in [2.75, 3.05) is 0 Å². The normalized spacial score (nSPS) is 11.6. The molecule has 0 spiro atoms. The molecule has 0 amide bonds. The Kier molecular flexibility index (Phi) is 6.13. The summed E-state index contributed by atoms with van der Waals surface area (Å²) in [6, 6.07) is 46.3. The van der Waals surface area contributed by atoms with Crippen LogP contribution < -0.4 is 0 Å². The lowest BCUT2D eigenvalue weighted by atomic mass is 9.77. The summed E-state index contributed by atoms with van der Waals surface area (Å²) < 4.78 is 18.1. The molecule has 0 unspecified atom stereocenters. The third kappa shape index (κ3) is 3.98. The van der Waals surface area contributed by atoms with Crippen LogP contribution in [0.2, 0.25) is 0 Å². The van der Waals surface area contributed by atoms with Crippen molar-refractivity contribution in [3.8, 4) is 11.3 Å². The summed E-state index contributed by atoms with van der Waals surface area (Å²) in [7, 11) is 0. The minimum Gasteiger partial charge on any atom is -0.478 e. The maximum atomic E-state index is 16.4. The van der Waals surface area contributed by atoms with Crippen LogP contribution in [0.4, 0.5) is 4.39 Å². The fourth-order valence-electron chi connectivity index (χ4n) is 6.02. The quantitative estimate of drug-likeness (QED) is 0.212. The zero-order chi connectivity index (χ0) is 28.7. The van der Waals surface area contributed by atoms with Gasteiger partial charge in [0.05, 0.1) is 5.56 Å². The van der Waals surface area contributed by atoms with E-state index in [-0.39, 0.29) is 11.1 Å². The van der Waals surface area contributed by atoms with Crippen LogP contribution in [0.5, 0.6) is 0 Å². The lowest BCUT2D eigenvalue weighted by molar-refractivity contribution is 0.0696. The van der Waals surface area contributed by atoms with Crippen LogP contribution in [-0.2, 0) is 5.54 Å². The molecule has 0 fully saturated rings. The number of carboxylic acid groups (broad SMARTS) is 1. The third-order valence-corrected chi connectivity index (χ3v) is 7.89. The van der Waals surface area contributed by atoms with Gasteiger partial charge in [0.1, 0.15) is 22.6 Å². The summed E-state index contributed by atoms with van der Waals surface area (Å²) in [6.07, 6.45) is 0. The van der Waals surface area contributed by atoms with Crippen molar-refractivity contribution in [3.05, 3.63) is 174 Å². The molecule has 1 aromatic heterocycles. The Morgan fingerprint density at radius 2 is 1.17 bits per heavy atom. The van der Waals surface area contributed by atoms with Crippen molar-refractivity contribution in [1.29, 1.82) is 0 Å². The third-order valence-electron chi connectivity index (χ3n) is 7.89. The molecule has 5 heteroatoms. The van der Waals surface area contributed by atoms with Gasteiger partial charge >= 0.3 is 5.97 Å². The molecule has 0 bridgehead atoms. The van der Waals surface area contributed by atoms with E-state index in [0.717, 1.165) is 39.1 Å². The number of hydrogen-bond acceptors (Lipinski definition) is 2. The molecule has 0 aliphatic heterocycles. The molecule has 202 valence electrons. The molecule has 42 heavy (non-hydrogen) atoms. The van der Waals surface area contributed by atoms with E-state index >= 15 is 4.39 Å². The molecule has 0 atom stereocenters. The second kappa shape index (κ2) is 10.1. The Morgan fingerprint density at radius 1 is 0.643 bits per heavy atom. The minimum absolute atomic E-state index is 0.133. The lowest BCUT2D eigenvalue weighted by Gasteiger charge is -2.37. The smallest absolute Gasteiger partial charge is 0.335 e. The van der Waals surface area contributed by atoms with Crippen molar-refractivity contribution in [2.45, 2.75) is 5.54 Å². The Hall–Kier alpha value is -5.55. The number of carboxylic acids is 1. The Labute approximate surface area is 241 Å². The summed E-state index contributed by atoms with van der Waals surface area (Å²) in [6.45, 7) is 0. The van der Waals surface area contributed by atoms with E-state index in [2.05, 4.69) is 0 Å². The van der Waals surface area contributed by atoms with Gasteiger partial charge in [-0.1, -0.05) is 127 Å². The summed E-state index contributed by atoms with van der Waals surface area (Å²) in [5.41, 5.74) is 2.94. The first kappa shape index (κ1) is 25.4. The number of carbonyl (C=O) groups is 1. The number of hydrogen-bond donors (Lipinski definition) is 1. The molecule has 7 aromatic rings. The van der Waals surface area contributed by atoms with Gasteiger partial charge in [-0.05, 0) is 45.7 Å². The molecule has 1 heterocycles. The summed E-state index contributed by atoms with van der Waals surface area (Å²) in [5.74, 6) is -1.86. The number of nitrogens with zero attached hydrogens (tertiary/aromatic N) is 2. The fraction of sp³-hybridized carbons (Fsp3) is 0.0270. The van der Waals surface area contributed by atoms with Crippen molar-refractivity contribution in [3.63, 3.8) is 0 Å². The average Bonchev–Trinajstić information content (AvgIpc) is 3.43. The molecule has 0 aliphatic rings. The Balaban J connectivity index is 1.67. The van der Waals surface area contributed by atoms with E-state index in [9.17, 15) is 9.90 Å². The molecule has 4 nitrogen and oxygen atoms in total. The van der Waals surface area contributed by atoms with Crippen molar-refractivity contribution in [2.24, 2.45) is 0 Å². The monoisotopic (exact) mass is 548 g/mol. The lowest BCUT2D eigenvalue weighted by Crippen LogP contribution is -2.38. The molecule has 0 radical (unpaired) electrons. The van der Waals surface area contributed by atoms with Gasteiger partial charge in [-0.25, -0.2) is 13.9 Å². The molecular formula is C37H25FN2O2. The topological polar surface area (TPSA) is 55.1 Å². The molecule has 6 aromatic carbocycles. The summed E-state index contributed by atoms with van der Waals surface area (Å²) in [5, 5.41) is 17.6. The van der Waals surface area contributed by atoms with Crippen LogP contribution in [0.1, 0.15) is 27.0 Å². The van der Waals surface area contributed by atoms with Crippen LogP contribution in [0.15, 0.2) is 146 Å². The van der Waals surface area contributed by atoms with Gasteiger partial charge < -0.3 is 5.11 Å². The van der Waals surface area contributed by atoms with E-state index in [1.54, 1.807) is 4.68 Å². The summed E-state index contributed by atoms with van der Waals surface area (Å²) >= 11 is 0. The van der Waals surface area contributed by atoms with E-state index < -0.39 is 17.3 Å². The second-order valence-electron chi connectivity index (χ2n) is 10.3. The number of aromatic nitrogens is 2. The molecule has 0 aliphatic carbocycles. The first-order valence-electron chi connectivity index (χ1n) is 13.7. The highest BCUT2D eigenvalue weighted by atomic mass is 19.1. The second-order valence-corrected chi connectivity index (χ2v) is 10.3. The maximum absolute atomic E-state index is 16.4. The highest BCUT2D eigenvalue weighted by Crippen LogP contribution is 2.44. The Bertz CT molecular complexity index is 1970. The molecular weight excluding hydrogens is 523 g/mol. The highest BCUT2D eigenvalue weighted by Gasteiger charge is 2.41. The zero-order valence-electron chi connectivity index (χ0n) is 22.5. The number of benzene rings is 6. The van der Waals surface area contributed by atoms with Crippen LogP contribution in [0.25, 0.3) is 32.9 Å². The highest BCUT2D eigenvalue weighted by molar-refractivity contribution is 6.01. The van der Waals surface area contributed by atoms with Gasteiger partial charge in [0.2, 0.25) is 0 Å². The van der Waals surface area contributed by atoms with Gasteiger partial charge in [0.15, 0.2) is 0 Å². The zero-order valence-corrected chi connectivity index (χ0v) is 22.5. The molecule has 0 saturated heterocycles.